The lowest BCUT2D eigenvalue weighted by atomic mass is 9.75. The first-order valence-corrected chi connectivity index (χ1v) is 8.09. The topological polar surface area (TPSA) is 61.9 Å². The molecule has 2 unspecified atom stereocenters. The van der Waals surface area contributed by atoms with Gasteiger partial charge in [-0.25, -0.2) is 0 Å². The summed E-state index contributed by atoms with van der Waals surface area (Å²) in [6.45, 7) is 2.07. The number of fused-ring (bicyclic) bond motifs is 1. The average molecular weight is 308 g/mol. The zero-order valence-electron chi connectivity index (χ0n) is 12.1. The maximum atomic E-state index is 8.98. The third-order valence-corrected chi connectivity index (χ3v) is 5.21. The molecule has 0 radical (unpaired) electrons. The second-order valence-electron chi connectivity index (χ2n) is 6.19. The molecule has 5 heteroatoms. The minimum atomic E-state index is 0.146. The number of oxime groups is 1. The molecule has 1 saturated heterocycles. The summed E-state index contributed by atoms with van der Waals surface area (Å²) in [5.74, 6) is 1.79. The van der Waals surface area contributed by atoms with E-state index >= 15 is 0 Å². The van der Waals surface area contributed by atoms with E-state index in [-0.39, 0.29) is 5.84 Å². The van der Waals surface area contributed by atoms with Gasteiger partial charge in [0.25, 0.3) is 0 Å². The van der Waals surface area contributed by atoms with Crippen LogP contribution in [0.25, 0.3) is 0 Å². The van der Waals surface area contributed by atoms with E-state index in [4.69, 9.17) is 22.5 Å². The Bertz CT molecular complexity index is 546. The molecule has 1 aliphatic carbocycles. The van der Waals surface area contributed by atoms with Crippen molar-refractivity contribution in [3.8, 4) is 0 Å². The van der Waals surface area contributed by atoms with Crippen LogP contribution in [-0.2, 0) is 0 Å². The number of anilines is 1. The fraction of sp³-hybridized carbons (Fsp3) is 0.562. The molecule has 3 rings (SSSR count). The molecule has 0 amide bonds. The minimum Gasteiger partial charge on any atom is -0.409 e. The molecule has 1 saturated carbocycles. The minimum absolute atomic E-state index is 0.146. The van der Waals surface area contributed by atoms with E-state index in [0.717, 1.165) is 36.2 Å². The molecular formula is C16H22ClN3O. The van der Waals surface area contributed by atoms with E-state index in [1.54, 1.807) is 6.07 Å². The molecule has 2 fully saturated rings. The third kappa shape index (κ3) is 2.95. The first-order chi connectivity index (χ1) is 10.2. The standard InChI is InChI=1S/C16H22ClN3O/c17-13-5-6-14(16(18)19-21)15(9-13)20-8-7-11-3-1-2-4-12(11)10-20/h5-6,9,11-12,21H,1-4,7-8,10H2,(H2,18,19). The Labute approximate surface area is 130 Å². The summed E-state index contributed by atoms with van der Waals surface area (Å²) < 4.78 is 0. The van der Waals surface area contributed by atoms with Gasteiger partial charge in [0, 0.05) is 29.4 Å². The summed E-state index contributed by atoms with van der Waals surface area (Å²) in [4.78, 5) is 2.35. The molecule has 1 heterocycles. The van der Waals surface area contributed by atoms with Crippen LogP contribution >= 0.6 is 11.6 Å². The highest BCUT2D eigenvalue weighted by Crippen LogP contribution is 2.38. The number of rotatable bonds is 2. The van der Waals surface area contributed by atoms with Crippen LogP contribution < -0.4 is 10.6 Å². The van der Waals surface area contributed by atoms with Crippen molar-refractivity contribution in [3.63, 3.8) is 0 Å². The van der Waals surface area contributed by atoms with Crippen molar-refractivity contribution in [3.05, 3.63) is 28.8 Å². The predicted molar refractivity (Wildman–Crippen MR) is 86.2 cm³/mol. The van der Waals surface area contributed by atoms with Gasteiger partial charge in [-0.05, 0) is 42.9 Å². The Morgan fingerprint density at radius 3 is 2.76 bits per heavy atom. The van der Waals surface area contributed by atoms with E-state index in [0.29, 0.717) is 5.02 Å². The van der Waals surface area contributed by atoms with E-state index in [9.17, 15) is 0 Å². The smallest absolute Gasteiger partial charge is 0.172 e. The largest absolute Gasteiger partial charge is 0.409 e. The van der Waals surface area contributed by atoms with Gasteiger partial charge >= 0.3 is 0 Å². The van der Waals surface area contributed by atoms with Crippen molar-refractivity contribution in [1.29, 1.82) is 0 Å². The average Bonchev–Trinajstić information content (AvgIpc) is 2.53. The first kappa shape index (κ1) is 14.5. The molecule has 0 spiro atoms. The molecule has 2 atom stereocenters. The molecule has 21 heavy (non-hydrogen) atoms. The Morgan fingerprint density at radius 1 is 1.24 bits per heavy atom. The first-order valence-electron chi connectivity index (χ1n) is 7.71. The monoisotopic (exact) mass is 307 g/mol. The summed E-state index contributed by atoms with van der Waals surface area (Å²) in [7, 11) is 0. The summed E-state index contributed by atoms with van der Waals surface area (Å²) in [5, 5.41) is 12.8. The summed E-state index contributed by atoms with van der Waals surface area (Å²) in [6, 6.07) is 5.55. The number of benzene rings is 1. The number of piperidine rings is 1. The predicted octanol–water partition coefficient (Wildman–Crippen LogP) is 3.45. The van der Waals surface area contributed by atoms with Crippen molar-refractivity contribution in [1.82, 2.24) is 0 Å². The molecule has 114 valence electrons. The van der Waals surface area contributed by atoms with Gasteiger partial charge in [-0.15, -0.1) is 0 Å². The van der Waals surface area contributed by atoms with Crippen molar-refractivity contribution < 1.29 is 5.21 Å². The van der Waals surface area contributed by atoms with E-state index in [1.165, 1.54) is 32.1 Å². The number of halogens is 1. The molecule has 0 bridgehead atoms. The van der Waals surface area contributed by atoms with Crippen LogP contribution in [0, 0.1) is 11.8 Å². The van der Waals surface area contributed by atoms with Crippen LogP contribution in [0.3, 0.4) is 0 Å². The van der Waals surface area contributed by atoms with Crippen LogP contribution in [0.5, 0.6) is 0 Å². The van der Waals surface area contributed by atoms with Crippen LogP contribution in [-0.4, -0.2) is 24.1 Å². The lowest BCUT2D eigenvalue weighted by Crippen LogP contribution is -2.42. The van der Waals surface area contributed by atoms with Crippen LogP contribution in [0.4, 0.5) is 5.69 Å². The Kier molecular flexibility index (Phi) is 4.24. The lowest BCUT2D eigenvalue weighted by molar-refractivity contribution is 0.202. The van der Waals surface area contributed by atoms with Crippen molar-refractivity contribution in [2.75, 3.05) is 18.0 Å². The van der Waals surface area contributed by atoms with E-state index < -0.39 is 0 Å². The normalized spacial score (nSPS) is 26.5. The second kappa shape index (κ2) is 6.14. The molecule has 1 aromatic rings. The Morgan fingerprint density at radius 2 is 2.00 bits per heavy atom. The van der Waals surface area contributed by atoms with Gasteiger partial charge in [0.15, 0.2) is 5.84 Å². The number of nitrogens with two attached hydrogens (primary N) is 1. The van der Waals surface area contributed by atoms with Crippen LogP contribution in [0.1, 0.15) is 37.7 Å². The zero-order valence-corrected chi connectivity index (χ0v) is 12.9. The highest BCUT2D eigenvalue weighted by atomic mass is 35.5. The van der Waals surface area contributed by atoms with E-state index in [1.807, 2.05) is 12.1 Å². The van der Waals surface area contributed by atoms with Crippen molar-refractivity contribution in [2.24, 2.45) is 22.7 Å². The quantitative estimate of drug-likeness (QED) is 0.381. The van der Waals surface area contributed by atoms with Gasteiger partial charge < -0.3 is 15.8 Å². The molecule has 4 nitrogen and oxygen atoms in total. The molecule has 2 aliphatic rings. The number of hydrogen-bond acceptors (Lipinski definition) is 3. The van der Waals surface area contributed by atoms with Crippen LogP contribution in [0.15, 0.2) is 23.4 Å². The third-order valence-electron chi connectivity index (χ3n) is 4.98. The lowest BCUT2D eigenvalue weighted by Gasteiger charge is -2.42. The molecule has 0 aromatic heterocycles. The zero-order chi connectivity index (χ0) is 14.8. The van der Waals surface area contributed by atoms with Crippen molar-refractivity contribution in [2.45, 2.75) is 32.1 Å². The highest BCUT2D eigenvalue weighted by molar-refractivity contribution is 6.31. The SMILES string of the molecule is NC(=NO)c1ccc(Cl)cc1N1CCC2CCCCC2C1. The number of nitrogens with zero attached hydrogens (tertiary/aromatic N) is 2. The maximum Gasteiger partial charge on any atom is 0.172 e. The van der Waals surface area contributed by atoms with Gasteiger partial charge in [0.2, 0.25) is 0 Å². The van der Waals surface area contributed by atoms with Gasteiger partial charge in [-0.2, -0.15) is 0 Å². The fourth-order valence-electron chi connectivity index (χ4n) is 3.86. The van der Waals surface area contributed by atoms with Gasteiger partial charge in [-0.3, -0.25) is 0 Å². The maximum absolute atomic E-state index is 8.98. The molecule has 1 aliphatic heterocycles. The molecule has 1 aromatic carbocycles. The molecule has 3 N–H and O–H groups in total. The Hall–Kier alpha value is -1.42. The van der Waals surface area contributed by atoms with E-state index in [2.05, 4.69) is 10.1 Å². The van der Waals surface area contributed by atoms with Crippen LogP contribution in [0.2, 0.25) is 5.02 Å². The van der Waals surface area contributed by atoms with Gasteiger partial charge in [0.1, 0.15) is 0 Å². The fourth-order valence-corrected chi connectivity index (χ4v) is 4.02. The Balaban J connectivity index is 1.87. The number of amidine groups is 1. The van der Waals surface area contributed by atoms with Gasteiger partial charge in [-0.1, -0.05) is 36.0 Å². The number of hydrogen-bond donors (Lipinski definition) is 2. The summed E-state index contributed by atoms with van der Waals surface area (Å²) in [6.07, 6.45) is 6.65. The molecular weight excluding hydrogens is 286 g/mol. The highest BCUT2D eigenvalue weighted by Gasteiger charge is 2.32. The summed E-state index contributed by atoms with van der Waals surface area (Å²) >= 11 is 6.15. The summed E-state index contributed by atoms with van der Waals surface area (Å²) in [5.41, 5.74) is 7.56. The second-order valence-corrected chi connectivity index (χ2v) is 6.62. The van der Waals surface area contributed by atoms with Crippen molar-refractivity contribution >= 4 is 23.1 Å². The van der Waals surface area contributed by atoms with Gasteiger partial charge in [0.05, 0.1) is 0 Å².